The Kier molecular flexibility index (Phi) is 10.5. The number of hydrogen-bond acceptors (Lipinski definition) is 9. The van der Waals surface area contributed by atoms with Gasteiger partial charge in [0, 0.05) is 25.5 Å². The summed E-state index contributed by atoms with van der Waals surface area (Å²) in [5, 5.41) is 3.12. The normalized spacial score (nSPS) is 24.1. The van der Waals surface area contributed by atoms with Crippen LogP contribution < -0.4 is 5.32 Å². The van der Waals surface area contributed by atoms with Gasteiger partial charge in [-0.05, 0) is 41.8 Å². The van der Waals surface area contributed by atoms with Crippen LogP contribution in [0.3, 0.4) is 0 Å². The third kappa shape index (κ3) is 8.02. The van der Waals surface area contributed by atoms with Gasteiger partial charge in [-0.25, -0.2) is 26.9 Å². The van der Waals surface area contributed by atoms with Crippen molar-refractivity contribution in [2.24, 2.45) is 10.9 Å². The van der Waals surface area contributed by atoms with Gasteiger partial charge in [-0.1, -0.05) is 33.8 Å². The third-order valence-corrected chi connectivity index (χ3v) is 7.48. The highest BCUT2D eigenvalue weighted by atomic mass is 32.2. The summed E-state index contributed by atoms with van der Waals surface area (Å²) in [7, 11) is -2.17. The lowest BCUT2D eigenvalue weighted by Crippen LogP contribution is -2.45. The summed E-state index contributed by atoms with van der Waals surface area (Å²) in [6.07, 6.45) is 3.32. The molecule has 0 radical (unpaired) electrons. The number of nitrogens with one attached hydrogen (secondary N) is 1. The quantitative estimate of drug-likeness (QED) is 0.491. The Morgan fingerprint density at radius 3 is 2.38 bits per heavy atom. The molecule has 0 amide bonds. The molecular formula is C27H38FN3O7S. The molecule has 1 aromatic carbocycles. The summed E-state index contributed by atoms with van der Waals surface area (Å²) < 4.78 is 60.9. The van der Waals surface area contributed by atoms with Crippen LogP contribution >= 0.6 is 0 Å². The van der Waals surface area contributed by atoms with E-state index in [1.165, 1.54) is 19.2 Å². The molecule has 39 heavy (non-hydrogen) atoms. The van der Waals surface area contributed by atoms with E-state index in [0.29, 0.717) is 37.3 Å². The topological polar surface area (TPSA) is 116 Å². The van der Waals surface area contributed by atoms with E-state index < -0.39 is 46.5 Å². The van der Waals surface area contributed by atoms with E-state index in [9.17, 15) is 17.6 Å². The number of rotatable bonds is 7. The maximum atomic E-state index is 13.7. The highest BCUT2D eigenvalue weighted by Gasteiger charge is 2.34. The number of carbonyl (C=O) groups is 1. The van der Waals surface area contributed by atoms with Crippen molar-refractivity contribution in [2.45, 2.75) is 65.1 Å². The molecule has 216 valence electrons. The molecule has 0 aromatic heterocycles. The van der Waals surface area contributed by atoms with Gasteiger partial charge >= 0.3 is 6.16 Å². The van der Waals surface area contributed by atoms with Crippen LogP contribution in [0.2, 0.25) is 0 Å². The van der Waals surface area contributed by atoms with Crippen molar-refractivity contribution in [3.63, 3.8) is 0 Å². The second kappa shape index (κ2) is 13.4. The lowest BCUT2D eigenvalue weighted by atomic mass is 9.90. The maximum absolute atomic E-state index is 13.7. The molecule has 3 atom stereocenters. The SMILES string of the molecule is CC.CC(C)C1N=C(N(C)S(C)(=O)=O)NC(c2ccc(F)cc2)=C1/C=C/[C@@H]1C[C@H](CC2OCCO2)OC(=O)O1. The van der Waals surface area contributed by atoms with Crippen LogP contribution in [0, 0.1) is 11.7 Å². The number of benzene rings is 1. The molecule has 0 bridgehead atoms. The molecule has 1 unspecified atom stereocenters. The van der Waals surface area contributed by atoms with E-state index in [4.69, 9.17) is 18.9 Å². The van der Waals surface area contributed by atoms with Crippen molar-refractivity contribution in [1.82, 2.24) is 9.62 Å². The molecule has 4 rings (SSSR count). The number of hydrogen-bond donors (Lipinski definition) is 1. The van der Waals surface area contributed by atoms with Crippen LogP contribution in [-0.4, -0.2) is 75.9 Å². The lowest BCUT2D eigenvalue weighted by molar-refractivity contribution is -0.102. The van der Waals surface area contributed by atoms with E-state index in [1.807, 2.05) is 33.8 Å². The molecule has 10 nitrogen and oxygen atoms in total. The molecule has 2 fully saturated rings. The van der Waals surface area contributed by atoms with Crippen molar-refractivity contribution in [3.05, 3.63) is 53.4 Å². The van der Waals surface area contributed by atoms with Crippen LogP contribution in [0.1, 0.15) is 46.1 Å². The monoisotopic (exact) mass is 567 g/mol. The standard InChI is InChI=1S/C25H32FN3O7S.C2H6/c1-15(2)22-20(10-9-18-13-19(36-25(30)35-18)14-21-33-11-12-34-21)23(16-5-7-17(26)8-6-16)28-24(27-22)29(3)37(4,31)32;1-2/h5-10,15,18-19,21-22H,11-14H2,1-4H3,(H,27,28);1-2H3/b10-9+;/t18-,19-,22?;/m1./s1. The Labute approximate surface area is 229 Å². The summed E-state index contributed by atoms with van der Waals surface area (Å²) >= 11 is 0. The first kappa shape index (κ1) is 30.6. The van der Waals surface area contributed by atoms with E-state index in [-0.39, 0.29) is 11.9 Å². The lowest BCUT2D eigenvalue weighted by Gasteiger charge is -2.32. The fourth-order valence-corrected chi connectivity index (χ4v) is 4.71. The highest BCUT2D eigenvalue weighted by molar-refractivity contribution is 7.88. The summed E-state index contributed by atoms with van der Waals surface area (Å²) in [4.78, 5) is 16.8. The van der Waals surface area contributed by atoms with Gasteiger partial charge in [-0.2, -0.15) is 0 Å². The van der Waals surface area contributed by atoms with E-state index in [2.05, 4.69) is 10.3 Å². The number of sulfonamides is 1. The Balaban J connectivity index is 0.00000205. The van der Waals surface area contributed by atoms with Crippen LogP contribution in [0.4, 0.5) is 9.18 Å². The van der Waals surface area contributed by atoms with Gasteiger partial charge in [-0.3, -0.25) is 0 Å². The Morgan fingerprint density at radius 2 is 1.79 bits per heavy atom. The summed E-state index contributed by atoms with van der Waals surface area (Å²) in [6.45, 7) is 8.96. The minimum atomic E-state index is -3.59. The molecule has 3 heterocycles. The zero-order chi connectivity index (χ0) is 28.7. The van der Waals surface area contributed by atoms with Crippen molar-refractivity contribution < 1.29 is 36.6 Å². The second-order valence-corrected chi connectivity index (χ2v) is 11.5. The van der Waals surface area contributed by atoms with Gasteiger partial charge < -0.3 is 24.3 Å². The maximum Gasteiger partial charge on any atom is 0.509 e. The van der Waals surface area contributed by atoms with E-state index >= 15 is 0 Å². The minimum absolute atomic E-state index is 0.0122. The predicted octanol–water partition coefficient (Wildman–Crippen LogP) is 4.05. The van der Waals surface area contributed by atoms with E-state index in [0.717, 1.165) is 16.1 Å². The molecular weight excluding hydrogens is 529 g/mol. The predicted molar refractivity (Wildman–Crippen MR) is 146 cm³/mol. The third-order valence-electron chi connectivity index (χ3n) is 6.31. The van der Waals surface area contributed by atoms with Crippen LogP contribution in [0.15, 0.2) is 47.0 Å². The van der Waals surface area contributed by atoms with Gasteiger partial charge in [-0.15, -0.1) is 0 Å². The van der Waals surface area contributed by atoms with Gasteiger partial charge in [0.25, 0.3) is 0 Å². The number of nitrogens with zero attached hydrogens (tertiary/aromatic N) is 2. The number of guanidine groups is 1. The van der Waals surface area contributed by atoms with Crippen LogP contribution in [-0.2, 0) is 29.0 Å². The highest BCUT2D eigenvalue weighted by Crippen LogP contribution is 2.31. The molecule has 0 spiro atoms. The van der Waals surface area contributed by atoms with Crippen molar-refractivity contribution in [3.8, 4) is 0 Å². The fourth-order valence-electron chi connectivity index (χ4n) is 4.30. The number of carbonyl (C=O) groups excluding carboxylic acids is 1. The molecule has 3 aliphatic rings. The smallest absolute Gasteiger partial charge is 0.431 e. The summed E-state index contributed by atoms with van der Waals surface area (Å²) in [5.74, 6) is -0.246. The van der Waals surface area contributed by atoms with Crippen molar-refractivity contribution >= 4 is 27.8 Å². The second-order valence-electron chi connectivity index (χ2n) is 9.48. The zero-order valence-electron chi connectivity index (χ0n) is 23.2. The van der Waals surface area contributed by atoms with Gasteiger partial charge in [0.15, 0.2) is 6.29 Å². The fraction of sp³-hybridized carbons (Fsp3) is 0.556. The number of cyclic esters (lactones) is 2. The Hall–Kier alpha value is -2.96. The van der Waals surface area contributed by atoms with E-state index in [1.54, 1.807) is 18.2 Å². The number of ether oxygens (including phenoxy) is 4. The average molecular weight is 568 g/mol. The number of aliphatic imine (C=N–C) groups is 1. The van der Waals surface area contributed by atoms with Crippen molar-refractivity contribution in [2.75, 3.05) is 26.5 Å². The molecule has 1 N–H and O–H groups in total. The van der Waals surface area contributed by atoms with Crippen LogP contribution in [0.5, 0.6) is 0 Å². The Morgan fingerprint density at radius 1 is 1.15 bits per heavy atom. The molecule has 2 saturated heterocycles. The molecule has 3 aliphatic heterocycles. The molecule has 0 aliphatic carbocycles. The summed E-state index contributed by atoms with van der Waals surface area (Å²) in [5.41, 5.74) is 1.98. The first-order valence-electron chi connectivity index (χ1n) is 13.1. The summed E-state index contributed by atoms with van der Waals surface area (Å²) in [6, 6.07) is 5.46. The molecule has 1 aromatic rings. The molecule has 0 saturated carbocycles. The van der Waals surface area contributed by atoms with Crippen LogP contribution in [0.25, 0.3) is 5.70 Å². The average Bonchev–Trinajstić information content (AvgIpc) is 3.40. The first-order chi connectivity index (χ1) is 18.5. The van der Waals surface area contributed by atoms with Gasteiger partial charge in [0.05, 0.1) is 31.2 Å². The zero-order valence-corrected chi connectivity index (χ0v) is 24.0. The van der Waals surface area contributed by atoms with Crippen molar-refractivity contribution in [1.29, 1.82) is 0 Å². The largest absolute Gasteiger partial charge is 0.509 e. The first-order valence-corrected chi connectivity index (χ1v) is 14.9. The minimum Gasteiger partial charge on any atom is -0.431 e. The molecule has 12 heteroatoms. The van der Waals surface area contributed by atoms with Gasteiger partial charge in [0.1, 0.15) is 18.0 Å². The number of halogens is 1. The van der Waals surface area contributed by atoms with Gasteiger partial charge in [0.2, 0.25) is 16.0 Å². The Bertz CT molecular complexity index is 1190.